The maximum absolute atomic E-state index is 11.7. The summed E-state index contributed by atoms with van der Waals surface area (Å²) in [5.41, 5.74) is 13.9. The molecule has 264 valence electrons. The number of benzene rings is 5. The van der Waals surface area contributed by atoms with Crippen LogP contribution in [0, 0.1) is 13.8 Å². The Morgan fingerprint density at radius 1 is 0.788 bits per heavy atom. The van der Waals surface area contributed by atoms with E-state index in [1.54, 1.807) is 0 Å². The Bertz CT molecular complexity index is 2480. The molecular formula is C48H51N2O2+. The van der Waals surface area contributed by atoms with Crippen LogP contribution in [0.1, 0.15) is 107 Å². The van der Waals surface area contributed by atoms with E-state index in [9.17, 15) is 6.48 Å². The lowest BCUT2D eigenvalue weighted by atomic mass is 9.83. The number of hydrogen-bond acceptors (Lipinski definition) is 2. The number of phenols is 1. The van der Waals surface area contributed by atoms with Crippen molar-refractivity contribution >= 4 is 21.9 Å². The van der Waals surface area contributed by atoms with Crippen molar-refractivity contribution in [2.45, 2.75) is 91.4 Å². The number of aromatic nitrogens is 2. The van der Waals surface area contributed by atoms with Crippen LogP contribution in [-0.4, -0.2) is 9.67 Å². The molecule has 4 nitrogen and oxygen atoms in total. The third-order valence-electron chi connectivity index (χ3n) is 11.4. The van der Waals surface area contributed by atoms with Crippen molar-refractivity contribution in [3.63, 3.8) is 0 Å². The second-order valence-corrected chi connectivity index (χ2v) is 15.5. The van der Waals surface area contributed by atoms with Crippen molar-refractivity contribution in [2.75, 3.05) is 0 Å². The Labute approximate surface area is 309 Å². The number of imidazole rings is 1. The highest BCUT2D eigenvalue weighted by Gasteiger charge is 2.29. The molecule has 0 atom stereocenters. The van der Waals surface area contributed by atoms with Gasteiger partial charge in [-0.05, 0) is 96.0 Å². The van der Waals surface area contributed by atoms with Gasteiger partial charge in [-0.15, -0.1) is 0 Å². The second kappa shape index (κ2) is 13.5. The van der Waals surface area contributed by atoms with Crippen molar-refractivity contribution in [3.8, 4) is 45.1 Å². The van der Waals surface area contributed by atoms with E-state index in [1.807, 2.05) is 12.1 Å². The Morgan fingerprint density at radius 2 is 1.46 bits per heavy atom. The summed E-state index contributed by atoms with van der Waals surface area (Å²) < 4.78 is 20.4. The third kappa shape index (κ3) is 5.73. The van der Waals surface area contributed by atoms with Gasteiger partial charge in [0.25, 0.3) is 5.82 Å². The summed E-state index contributed by atoms with van der Waals surface area (Å²) in [6.45, 7) is 13.4. The molecule has 0 bridgehead atoms. The second-order valence-electron chi connectivity index (χ2n) is 15.5. The number of phenolic OH excluding ortho intramolecular Hbond substituents is 1. The van der Waals surface area contributed by atoms with Gasteiger partial charge in [-0.2, -0.15) is 4.57 Å². The highest BCUT2D eigenvalue weighted by molar-refractivity contribution is 6.07. The standard InChI is InChI=1S/C48H50N2O2/c1-29(2)36-15-11-16-37(30(3)4)46(36)50-26-25-49(7)48(50)45-31(5)19-22-38(32(45)6)40-23-20-35(28-43(40)51)34-21-24-44-42(27-34)41-18-12-17-39(47(41)52-44)33-13-9-8-10-14-33/h11-12,15-30,33H,8-10,13-14H2,1-7H3/p+1/i33D. The molecule has 1 fully saturated rings. The monoisotopic (exact) mass is 688 g/mol. The normalized spacial score (nSPS) is 14.9. The van der Waals surface area contributed by atoms with Crippen molar-refractivity contribution in [3.05, 3.63) is 125 Å². The fourth-order valence-corrected chi connectivity index (χ4v) is 8.67. The summed E-state index contributed by atoms with van der Waals surface area (Å²) in [6, 6.07) is 29.6. The SMILES string of the molecule is [2H]C1(c2cccc3c2oc2ccc(-c4ccc(-c5ccc(C)c(-c6n(-c7c(C(C)C)cccc7C(C)C)cc[n+]6C)c5C)c(O)c4)cc23)CCCCC1. The molecule has 0 amide bonds. The Kier molecular flexibility index (Phi) is 8.49. The maximum Gasteiger partial charge on any atom is 0.294 e. The molecule has 1 aliphatic rings. The fraction of sp³-hybridized carbons (Fsp3) is 0.312. The molecule has 8 rings (SSSR count). The first-order chi connectivity index (χ1) is 25.5. The predicted molar refractivity (Wildman–Crippen MR) is 216 cm³/mol. The minimum Gasteiger partial charge on any atom is -0.507 e. The zero-order valence-electron chi connectivity index (χ0n) is 32.7. The first kappa shape index (κ1) is 32.8. The van der Waals surface area contributed by atoms with E-state index in [2.05, 4.69) is 143 Å². The van der Waals surface area contributed by atoms with Gasteiger partial charge < -0.3 is 9.52 Å². The number of aryl methyl sites for hydroxylation is 2. The minimum atomic E-state index is -0.597. The lowest BCUT2D eigenvalue weighted by Gasteiger charge is -2.21. The Hall–Kier alpha value is -5.09. The summed E-state index contributed by atoms with van der Waals surface area (Å²) in [5.74, 6) is 1.52. The number of aromatic hydroxyl groups is 1. The van der Waals surface area contributed by atoms with Crippen LogP contribution in [0.2, 0.25) is 0 Å². The van der Waals surface area contributed by atoms with E-state index in [1.165, 1.54) is 34.4 Å². The molecule has 1 N–H and O–H groups in total. The maximum atomic E-state index is 11.7. The van der Waals surface area contributed by atoms with Gasteiger partial charge in [-0.1, -0.05) is 114 Å². The lowest BCUT2D eigenvalue weighted by molar-refractivity contribution is -0.659. The zero-order chi connectivity index (χ0) is 37.2. The molecule has 2 heterocycles. The fourth-order valence-electron chi connectivity index (χ4n) is 8.67. The summed E-state index contributed by atoms with van der Waals surface area (Å²) in [5, 5.41) is 13.8. The molecule has 2 aromatic heterocycles. The third-order valence-corrected chi connectivity index (χ3v) is 11.4. The molecule has 0 spiro atoms. The summed E-state index contributed by atoms with van der Waals surface area (Å²) in [7, 11) is 2.12. The van der Waals surface area contributed by atoms with Crippen molar-refractivity contribution < 1.29 is 15.5 Å². The number of furan rings is 1. The number of nitrogens with zero attached hydrogens (tertiary/aromatic N) is 2. The molecule has 52 heavy (non-hydrogen) atoms. The minimum absolute atomic E-state index is 0.250. The van der Waals surface area contributed by atoms with E-state index in [-0.39, 0.29) is 5.75 Å². The highest BCUT2D eigenvalue weighted by atomic mass is 16.3. The number of rotatable bonds is 7. The van der Waals surface area contributed by atoms with E-state index in [4.69, 9.17) is 4.42 Å². The topological polar surface area (TPSA) is 42.2 Å². The molecular weight excluding hydrogens is 637 g/mol. The van der Waals surface area contributed by atoms with Gasteiger partial charge in [0.15, 0.2) is 0 Å². The molecule has 1 saturated carbocycles. The van der Waals surface area contributed by atoms with Gasteiger partial charge in [0.2, 0.25) is 0 Å². The molecule has 4 heteroatoms. The molecule has 5 aromatic carbocycles. The van der Waals surface area contributed by atoms with Crippen LogP contribution in [0.4, 0.5) is 0 Å². The summed E-state index contributed by atoms with van der Waals surface area (Å²) >= 11 is 0. The Morgan fingerprint density at radius 3 is 2.17 bits per heavy atom. The first-order valence-corrected chi connectivity index (χ1v) is 19.1. The van der Waals surface area contributed by atoms with Crippen molar-refractivity contribution in [1.82, 2.24) is 4.57 Å². The molecule has 0 aliphatic heterocycles. The average molecular weight is 689 g/mol. The van der Waals surface area contributed by atoms with Gasteiger partial charge in [-0.3, -0.25) is 0 Å². The van der Waals surface area contributed by atoms with Crippen LogP contribution >= 0.6 is 0 Å². The van der Waals surface area contributed by atoms with Crippen LogP contribution in [0.25, 0.3) is 61.3 Å². The number of hydrogen-bond donors (Lipinski definition) is 1. The predicted octanol–water partition coefficient (Wildman–Crippen LogP) is 12.8. The molecule has 7 aromatic rings. The molecule has 0 saturated heterocycles. The van der Waals surface area contributed by atoms with Gasteiger partial charge in [0, 0.05) is 28.8 Å². The van der Waals surface area contributed by atoms with E-state index < -0.39 is 5.89 Å². The highest BCUT2D eigenvalue weighted by Crippen LogP contribution is 2.43. The quantitative estimate of drug-likeness (QED) is 0.169. The molecule has 0 radical (unpaired) electrons. The molecule has 0 unspecified atom stereocenters. The number of para-hydroxylation sites is 2. The smallest absolute Gasteiger partial charge is 0.294 e. The summed E-state index contributed by atoms with van der Waals surface area (Å²) in [4.78, 5) is 0. The first-order valence-electron chi connectivity index (χ1n) is 19.6. The zero-order valence-corrected chi connectivity index (χ0v) is 31.7. The van der Waals surface area contributed by atoms with E-state index in [0.29, 0.717) is 11.8 Å². The van der Waals surface area contributed by atoms with E-state index >= 15 is 0 Å². The summed E-state index contributed by atoms with van der Waals surface area (Å²) in [6.07, 6.45) is 9.47. The molecule has 1 aliphatic carbocycles. The van der Waals surface area contributed by atoms with Crippen LogP contribution in [0.5, 0.6) is 5.75 Å². The largest absolute Gasteiger partial charge is 0.507 e. The van der Waals surface area contributed by atoms with Crippen LogP contribution < -0.4 is 4.57 Å². The average Bonchev–Trinajstić information content (AvgIpc) is 3.71. The number of fused-ring (bicyclic) bond motifs is 3. The van der Waals surface area contributed by atoms with Gasteiger partial charge in [0.05, 0.1) is 12.6 Å². The van der Waals surface area contributed by atoms with Crippen LogP contribution in [0.15, 0.2) is 102 Å². The van der Waals surface area contributed by atoms with Gasteiger partial charge in [-0.25, -0.2) is 4.57 Å². The van der Waals surface area contributed by atoms with Crippen LogP contribution in [-0.2, 0) is 7.05 Å². The van der Waals surface area contributed by atoms with Gasteiger partial charge >= 0.3 is 0 Å². The van der Waals surface area contributed by atoms with Crippen molar-refractivity contribution in [2.24, 2.45) is 7.05 Å². The van der Waals surface area contributed by atoms with Crippen molar-refractivity contribution in [1.29, 1.82) is 0 Å². The Balaban J connectivity index is 1.20. The van der Waals surface area contributed by atoms with Gasteiger partial charge in [0.1, 0.15) is 35.0 Å². The van der Waals surface area contributed by atoms with Crippen LogP contribution in [0.3, 0.4) is 0 Å². The van der Waals surface area contributed by atoms with E-state index in [0.717, 1.165) is 86.8 Å². The lowest BCUT2D eigenvalue weighted by Crippen LogP contribution is -2.30.